The van der Waals surface area contributed by atoms with Crippen LogP contribution in [0.5, 0.6) is 0 Å². The Kier molecular flexibility index (Phi) is 10.0. The fourth-order valence-corrected chi connectivity index (χ4v) is 5.36. The van der Waals surface area contributed by atoms with Crippen molar-refractivity contribution in [3.8, 4) is 0 Å². The monoisotopic (exact) mass is 479 g/mol. The lowest BCUT2D eigenvalue weighted by atomic mass is 9.84. The Morgan fingerprint density at radius 2 is 1.44 bits per heavy atom. The highest BCUT2D eigenvalue weighted by Crippen LogP contribution is 2.30. The Bertz CT molecular complexity index is 676. The zero-order valence-electron chi connectivity index (χ0n) is 21.3. The third-order valence-corrected chi connectivity index (χ3v) is 7.19. The molecule has 1 heterocycles. The van der Waals surface area contributed by atoms with Gasteiger partial charge >= 0.3 is 6.09 Å². The van der Waals surface area contributed by atoms with Crippen LogP contribution in [0.4, 0.5) is 4.79 Å². The summed E-state index contributed by atoms with van der Waals surface area (Å²) in [6, 6.07) is -0.707. The Morgan fingerprint density at radius 1 is 0.882 bits per heavy atom. The van der Waals surface area contributed by atoms with Crippen molar-refractivity contribution in [2.75, 3.05) is 13.2 Å². The van der Waals surface area contributed by atoms with Crippen LogP contribution in [0, 0.1) is 11.8 Å². The summed E-state index contributed by atoms with van der Waals surface area (Å²) in [5, 5.41) is 8.57. The molecule has 2 unspecified atom stereocenters. The van der Waals surface area contributed by atoms with E-state index in [4.69, 9.17) is 9.47 Å². The summed E-state index contributed by atoms with van der Waals surface area (Å²) in [6.45, 7) is 5.96. The van der Waals surface area contributed by atoms with E-state index in [2.05, 4.69) is 16.0 Å². The first-order valence-corrected chi connectivity index (χ1v) is 13.4. The van der Waals surface area contributed by atoms with Gasteiger partial charge in [0.2, 0.25) is 11.8 Å². The van der Waals surface area contributed by atoms with E-state index < -0.39 is 17.7 Å². The van der Waals surface area contributed by atoms with E-state index in [1.807, 2.05) is 0 Å². The van der Waals surface area contributed by atoms with Crippen molar-refractivity contribution in [3.63, 3.8) is 0 Å². The van der Waals surface area contributed by atoms with Gasteiger partial charge in [0.15, 0.2) is 0 Å². The number of carbonyl (C=O) groups excluding carboxylic acids is 3. The molecule has 0 aromatic carbocycles. The predicted octanol–water partition coefficient (Wildman–Crippen LogP) is 3.82. The summed E-state index contributed by atoms with van der Waals surface area (Å²) in [5.74, 6) is 0.479. The molecule has 8 heteroatoms. The molecule has 3 aliphatic rings. The summed E-state index contributed by atoms with van der Waals surface area (Å²) in [6.07, 6.45) is 12.9. The molecule has 3 N–H and O–H groups in total. The van der Waals surface area contributed by atoms with Crippen LogP contribution in [0.25, 0.3) is 0 Å². The number of ether oxygens (including phenoxy) is 2. The Morgan fingerprint density at radius 3 is 1.97 bits per heavy atom. The quantitative estimate of drug-likeness (QED) is 0.413. The molecular formula is C26H45N3O5. The van der Waals surface area contributed by atoms with Crippen LogP contribution < -0.4 is 16.0 Å². The SMILES string of the molecule is CC(C)(C)OC(=O)N[C@@H](CC1CCCCC1)C(=O)NCC(=O)NC(CC1CCCCC1)C1CO1. The summed E-state index contributed by atoms with van der Waals surface area (Å²) < 4.78 is 10.8. The normalized spacial score (nSPS) is 23.4. The number of amides is 3. The first-order chi connectivity index (χ1) is 16.2. The molecule has 1 aliphatic heterocycles. The zero-order valence-corrected chi connectivity index (χ0v) is 21.3. The number of alkyl carbamates (subject to hydrolysis) is 1. The van der Waals surface area contributed by atoms with E-state index in [-0.39, 0.29) is 30.5 Å². The van der Waals surface area contributed by atoms with Crippen molar-refractivity contribution in [2.24, 2.45) is 11.8 Å². The number of hydrogen-bond acceptors (Lipinski definition) is 5. The fourth-order valence-electron chi connectivity index (χ4n) is 5.36. The molecule has 194 valence electrons. The average Bonchev–Trinajstić information content (AvgIpc) is 3.62. The van der Waals surface area contributed by atoms with Gasteiger partial charge in [0, 0.05) is 0 Å². The topological polar surface area (TPSA) is 109 Å². The van der Waals surface area contributed by atoms with Gasteiger partial charge in [-0.3, -0.25) is 9.59 Å². The first kappa shape index (κ1) is 26.8. The van der Waals surface area contributed by atoms with Crippen molar-refractivity contribution in [1.82, 2.24) is 16.0 Å². The number of epoxide rings is 1. The molecule has 3 fully saturated rings. The third-order valence-electron chi connectivity index (χ3n) is 7.19. The van der Waals surface area contributed by atoms with Gasteiger partial charge in [0.1, 0.15) is 17.7 Å². The summed E-state index contributed by atoms with van der Waals surface area (Å²) in [7, 11) is 0. The highest BCUT2D eigenvalue weighted by atomic mass is 16.6. The minimum Gasteiger partial charge on any atom is -0.444 e. The van der Waals surface area contributed by atoms with Crippen molar-refractivity contribution >= 4 is 17.9 Å². The van der Waals surface area contributed by atoms with Crippen molar-refractivity contribution in [3.05, 3.63) is 0 Å². The van der Waals surface area contributed by atoms with Crippen molar-refractivity contribution in [1.29, 1.82) is 0 Å². The lowest BCUT2D eigenvalue weighted by molar-refractivity contribution is -0.128. The maximum absolute atomic E-state index is 13.0. The molecule has 0 aromatic heterocycles. The second-order valence-electron chi connectivity index (χ2n) is 11.4. The Labute approximate surface area is 204 Å². The standard InChI is InChI=1S/C26H45N3O5/c1-26(2,3)34-25(32)29-21(15-19-12-8-5-9-13-19)24(31)27-16-23(30)28-20(22-17-33-22)14-18-10-6-4-7-11-18/h18-22H,4-17H2,1-3H3,(H,27,31)(H,28,30)(H,29,32)/t20?,21-,22?/m0/s1. The molecule has 3 rings (SSSR count). The van der Waals surface area contributed by atoms with Crippen LogP contribution >= 0.6 is 0 Å². The van der Waals surface area contributed by atoms with Gasteiger partial charge in [-0.05, 0) is 45.4 Å². The second-order valence-corrected chi connectivity index (χ2v) is 11.4. The van der Waals surface area contributed by atoms with E-state index in [1.165, 1.54) is 38.5 Å². The van der Waals surface area contributed by atoms with Crippen LogP contribution in [0.3, 0.4) is 0 Å². The van der Waals surface area contributed by atoms with Crippen LogP contribution in [-0.4, -0.2) is 54.8 Å². The molecule has 1 saturated heterocycles. The van der Waals surface area contributed by atoms with Gasteiger partial charge in [-0.1, -0.05) is 64.2 Å². The van der Waals surface area contributed by atoms with Gasteiger partial charge < -0.3 is 25.4 Å². The van der Waals surface area contributed by atoms with E-state index in [0.29, 0.717) is 24.9 Å². The first-order valence-electron chi connectivity index (χ1n) is 13.4. The molecule has 0 bridgehead atoms. The van der Waals surface area contributed by atoms with Gasteiger partial charge in [-0.25, -0.2) is 4.79 Å². The second kappa shape index (κ2) is 12.8. The summed E-state index contributed by atoms with van der Waals surface area (Å²) >= 11 is 0. The van der Waals surface area contributed by atoms with Crippen molar-refractivity contribution < 1.29 is 23.9 Å². The van der Waals surface area contributed by atoms with E-state index >= 15 is 0 Å². The minimum atomic E-state index is -0.712. The fraction of sp³-hybridized carbons (Fsp3) is 0.885. The van der Waals surface area contributed by atoms with Gasteiger partial charge in [-0.2, -0.15) is 0 Å². The number of rotatable bonds is 10. The lowest BCUT2D eigenvalue weighted by Gasteiger charge is -2.28. The molecule has 0 aromatic rings. The molecule has 3 amide bonds. The van der Waals surface area contributed by atoms with E-state index in [0.717, 1.165) is 32.1 Å². The molecule has 34 heavy (non-hydrogen) atoms. The lowest BCUT2D eigenvalue weighted by Crippen LogP contribution is -2.52. The van der Waals surface area contributed by atoms with Crippen LogP contribution in [0.2, 0.25) is 0 Å². The minimum absolute atomic E-state index is 0.00502. The van der Waals surface area contributed by atoms with Crippen LogP contribution in [0.1, 0.15) is 97.8 Å². The van der Waals surface area contributed by atoms with Gasteiger partial charge in [0.05, 0.1) is 19.2 Å². The molecule has 3 atom stereocenters. The Hall–Kier alpha value is -1.83. The third kappa shape index (κ3) is 9.80. The summed E-state index contributed by atoms with van der Waals surface area (Å²) in [5.41, 5.74) is -0.645. The highest BCUT2D eigenvalue weighted by Gasteiger charge is 2.36. The smallest absolute Gasteiger partial charge is 0.408 e. The zero-order chi connectivity index (χ0) is 24.6. The van der Waals surface area contributed by atoms with Gasteiger partial charge in [-0.15, -0.1) is 0 Å². The predicted molar refractivity (Wildman–Crippen MR) is 130 cm³/mol. The molecule has 8 nitrogen and oxygen atoms in total. The molecule has 2 saturated carbocycles. The van der Waals surface area contributed by atoms with E-state index in [1.54, 1.807) is 20.8 Å². The van der Waals surface area contributed by atoms with Crippen LogP contribution in [-0.2, 0) is 19.1 Å². The number of nitrogens with one attached hydrogen (secondary N) is 3. The van der Waals surface area contributed by atoms with Crippen molar-refractivity contribution in [2.45, 2.75) is 122 Å². The Balaban J connectivity index is 1.49. The molecule has 0 radical (unpaired) electrons. The largest absolute Gasteiger partial charge is 0.444 e. The molecule has 2 aliphatic carbocycles. The molecular weight excluding hydrogens is 434 g/mol. The number of carbonyl (C=O) groups is 3. The van der Waals surface area contributed by atoms with E-state index in [9.17, 15) is 14.4 Å². The van der Waals surface area contributed by atoms with Crippen LogP contribution in [0.15, 0.2) is 0 Å². The number of hydrogen-bond donors (Lipinski definition) is 3. The van der Waals surface area contributed by atoms with Gasteiger partial charge in [0.25, 0.3) is 0 Å². The summed E-state index contributed by atoms with van der Waals surface area (Å²) in [4.78, 5) is 38.0. The maximum atomic E-state index is 13.0. The highest BCUT2D eigenvalue weighted by molar-refractivity contribution is 5.89. The maximum Gasteiger partial charge on any atom is 0.408 e. The average molecular weight is 480 g/mol. The molecule has 0 spiro atoms.